The Morgan fingerprint density at radius 1 is 0.963 bits per heavy atom. The fourth-order valence-corrected chi connectivity index (χ4v) is 3.35. The Bertz CT molecular complexity index is 915. The number of aryl methyl sites for hydroxylation is 1. The lowest BCUT2D eigenvalue weighted by Crippen LogP contribution is -2.49. The molecular weight excluding hydrogens is 340 g/mol. The summed E-state index contributed by atoms with van der Waals surface area (Å²) in [6.07, 6.45) is 0. The van der Waals surface area contributed by atoms with Crippen molar-refractivity contribution >= 4 is 11.6 Å². The van der Waals surface area contributed by atoms with Crippen molar-refractivity contribution in [3.05, 3.63) is 60.2 Å². The molecule has 0 saturated carbocycles. The molecule has 3 aromatic rings. The van der Waals surface area contributed by atoms with Gasteiger partial charge < -0.3 is 9.80 Å². The maximum Gasteiger partial charge on any atom is 0.246 e. The number of amides is 1. The van der Waals surface area contributed by atoms with Crippen molar-refractivity contribution in [2.75, 3.05) is 31.1 Å². The predicted molar refractivity (Wildman–Crippen MR) is 103 cm³/mol. The van der Waals surface area contributed by atoms with Gasteiger partial charge in [0.2, 0.25) is 11.7 Å². The molecule has 4 rings (SSSR count). The molecule has 7 nitrogen and oxygen atoms in total. The Morgan fingerprint density at radius 2 is 1.67 bits per heavy atom. The zero-order chi connectivity index (χ0) is 18.6. The predicted octanol–water partition coefficient (Wildman–Crippen LogP) is 2.00. The third-order valence-electron chi connectivity index (χ3n) is 4.85. The number of hydrogen-bond acceptors (Lipinski definition) is 5. The van der Waals surface area contributed by atoms with Crippen LogP contribution in [0.15, 0.2) is 54.6 Å². The Morgan fingerprint density at radius 3 is 2.41 bits per heavy atom. The van der Waals surface area contributed by atoms with Gasteiger partial charge in [0.25, 0.3) is 0 Å². The lowest BCUT2D eigenvalue weighted by atomic mass is 10.1. The smallest absolute Gasteiger partial charge is 0.246 e. The topological polar surface area (TPSA) is 67.2 Å². The van der Waals surface area contributed by atoms with Crippen LogP contribution in [0.3, 0.4) is 0 Å². The number of carbonyl (C=O) groups excluding carboxylic acids is 1. The van der Waals surface area contributed by atoms with E-state index >= 15 is 0 Å². The fraction of sp³-hybridized carbons (Fsp3) is 0.300. The minimum absolute atomic E-state index is 0.0245. The van der Waals surface area contributed by atoms with E-state index in [9.17, 15) is 4.79 Å². The summed E-state index contributed by atoms with van der Waals surface area (Å²) < 4.78 is 0. The second kappa shape index (κ2) is 7.57. The van der Waals surface area contributed by atoms with Gasteiger partial charge in [0.05, 0.1) is 0 Å². The first kappa shape index (κ1) is 17.2. The van der Waals surface area contributed by atoms with Gasteiger partial charge in [-0.3, -0.25) is 4.79 Å². The zero-order valence-corrected chi connectivity index (χ0v) is 15.3. The SMILES string of the molecule is Cc1ccccc1N1CCN(C(=O)Cn2nnc(-c3ccccc3)n2)CC1. The number of aromatic nitrogens is 4. The Labute approximate surface area is 158 Å². The molecule has 2 aromatic carbocycles. The molecule has 0 unspecified atom stereocenters. The highest BCUT2D eigenvalue weighted by Crippen LogP contribution is 2.20. The summed E-state index contributed by atoms with van der Waals surface area (Å²) in [5.41, 5.74) is 3.40. The number of carbonyl (C=O) groups is 1. The third-order valence-corrected chi connectivity index (χ3v) is 4.85. The first-order valence-corrected chi connectivity index (χ1v) is 9.12. The first-order valence-electron chi connectivity index (χ1n) is 9.12. The monoisotopic (exact) mass is 362 g/mol. The number of anilines is 1. The largest absolute Gasteiger partial charge is 0.368 e. The van der Waals surface area contributed by atoms with Gasteiger partial charge in [0.1, 0.15) is 6.54 Å². The van der Waals surface area contributed by atoms with Gasteiger partial charge in [0.15, 0.2) is 0 Å². The first-order chi connectivity index (χ1) is 13.2. The van der Waals surface area contributed by atoms with Crippen molar-refractivity contribution in [2.24, 2.45) is 0 Å². The van der Waals surface area contributed by atoms with Crippen molar-refractivity contribution < 1.29 is 4.79 Å². The molecular formula is C20H22N6O. The van der Waals surface area contributed by atoms with Crippen LogP contribution in [0.2, 0.25) is 0 Å². The van der Waals surface area contributed by atoms with Crippen molar-refractivity contribution in [2.45, 2.75) is 13.5 Å². The maximum absolute atomic E-state index is 12.6. The second-order valence-electron chi connectivity index (χ2n) is 6.66. The Hall–Kier alpha value is -3.22. The van der Waals surface area contributed by atoms with Crippen LogP contribution in [0.1, 0.15) is 5.56 Å². The van der Waals surface area contributed by atoms with Crippen molar-refractivity contribution in [1.29, 1.82) is 0 Å². The highest BCUT2D eigenvalue weighted by molar-refractivity contribution is 5.76. The maximum atomic E-state index is 12.6. The average molecular weight is 362 g/mol. The molecule has 1 saturated heterocycles. The number of benzene rings is 2. The zero-order valence-electron chi connectivity index (χ0n) is 15.3. The van der Waals surface area contributed by atoms with E-state index in [0.717, 1.165) is 18.7 Å². The Balaban J connectivity index is 1.35. The summed E-state index contributed by atoms with van der Waals surface area (Å²) in [5.74, 6) is 0.559. The molecule has 0 aliphatic carbocycles. The molecule has 1 aliphatic rings. The lowest BCUT2D eigenvalue weighted by Gasteiger charge is -2.36. The van der Waals surface area contributed by atoms with E-state index in [4.69, 9.17) is 0 Å². The number of tetrazole rings is 1. The highest BCUT2D eigenvalue weighted by Gasteiger charge is 2.22. The number of rotatable bonds is 4. The van der Waals surface area contributed by atoms with Crippen LogP contribution in [0.5, 0.6) is 0 Å². The molecule has 0 radical (unpaired) electrons. The quantitative estimate of drug-likeness (QED) is 0.710. The number of nitrogens with zero attached hydrogens (tertiary/aromatic N) is 6. The molecule has 7 heteroatoms. The minimum atomic E-state index is 0.0245. The molecule has 0 N–H and O–H groups in total. The van der Waals surface area contributed by atoms with Gasteiger partial charge in [-0.2, -0.15) is 4.80 Å². The standard InChI is InChI=1S/C20H22N6O/c1-16-7-5-6-10-18(16)24-11-13-25(14-12-24)19(27)15-26-22-20(21-23-26)17-8-3-2-4-9-17/h2-10H,11-15H2,1H3. The van der Waals surface area contributed by atoms with Crippen LogP contribution in [0, 0.1) is 6.92 Å². The van der Waals surface area contributed by atoms with E-state index in [0.29, 0.717) is 18.9 Å². The average Bonchev–Trinajstić information content (AvgIpc) is 3.18. The van der Waals surface area contributed by atoms with Crippen LogP contribution in [0.4, 0.5) is 5.69 Å². The van der Waals surface area contributed by atoms with Gasteiger partial charge in [-0.15, -0.1) is 10.2 Å². The summed E-state index contributed by atoms with van der Waals surface area (Å²) >= 11 is 0. The van der Waals surface area contributed by atoms with Crippen LogP contribution in [0.25, 0.3) is 11.4 Å². The Kier molecular flexibility index (Phi) is 4.82. The van der Waals surface area contributed by atoms with Gasteiger partial charge in [-0.05, 0) is 23.8 Å². The third kappa shape index (κ3) is 3.81. The summed E-state index contributed by atoms with van der Waals surface area (Å²) in [6, 6.07) is 18.0. The molecule has 138 valence electrons. The van der Waals surface area contributed by atoms with Gasteiger partial charge >= 0.3 is 0 Å². The minimum Gasteiger partial charge on any atom is -0.368 e. The van der Waals surface area contributed by atoms with Crippen molar-refractivity contribution in [3.8, 4) is 11.4 Å². The molecule has 1 aliphatic heterocycles. The lowest BCUT2D eigenvalue weighted by molar-refractivity contribution is -0.132. The fourth-order valence-electron chi connectivity index (χ4n) is 3.35. The van der Waals surface area contributed by atoms with Crippen molar-refractivity contribution in [3.63, 3.8) is 0 Å². The van der Waals surface area contributed by atoms with Gasteiger partial charge in [-0.1, -0.05) is 48.5 Å². The summed E-state index contributed by atoms with van der Waals surface area (Å²) in [4.78, 5) is 18.2. The number of hydrogen-bond donors (Lipinski definition) is 0. The van der Waals surface area contributed by atoms with Crippen LogP contribution < -0.4 is 4.90 Å². The molecule has 0 bridgehead atoms. The van der Waals surface area contributed by atoms with Gasteiger partial charge in [-0.25, -0.2) is 0 Å². The van der Waals surface area contributed by atoms with E-state index < -0.39 is 0 Å². The van der Waals surface area contributed by atoms with Crippen LogP contribution >= 0.6 is 0 Å². The molecule has 2 heterocycles. The number of para-hydroxylation sites is 1. The molecule has 0 spiro atoms. The molecule has 0 atom stereocenters. The number of piperazine rings is 1. The second-order valence-corrected chi connectivity index (χ2v) is 6.66. The summed E-state index contributed by atoms with van der Waals surface area (Å²) in [5, 5.41) is 12.4. The summed E-state index contributed by atoms with van der Waals surface area (Å²) in [6.45, 7) is 5.30. The summed E-state index contributed by atoms with van der Waals surface area (Å²) in [7, 11) is 0. The van der Waals surface area contributed by atoms with Gasteiger partial charge in [0, 0.05) is 37.4 Å². The van der Waals surface area contributed by atoms with E-state index in [2.05, 4.69) is 45.4 Å². The molecule has 1 fully saturated rings. The normalized spacial score (nSPS) is 14.4. The molecule has 1 aromatic heterocycles. The van der Waals surface area contributed by atoms with Crippen molar-refractivity contribution in [1.82, 2.24) is 25.1 Å². The van der Waals surface area contributed by atoms with Crippen LogP contribution in [-0.2, 0) is 11.3 Å². The highest BCUT2D eigenvalue weighted by atomic mass is 16.2. The van der Waals surface area contributed by atoms with Crippen LogP contribution in [-0.4, -0.2) is 57.2 Å². The van der Waals surface area contributed by atoms with E-state index in [1.807, 2.05) is 41.3 Å². The molecule has 1 amide bonds. The molecule has 27 heavy (non-hydrogen) atoms. The van der Waals surface area contributed by atoms with E-state index in [-0.39, 0.29) is 12.5 Å². The van der Waals surface area contributed by atoms with E-state index in [1.54, 1.807) is 0 Å². The van der Waals surface area contributed by atoms with E-state index in [1.165, 1.54) is 16.0 Å².